The van der Waals surface area contributed by atoms with Gasteiger partial charge in [-0.25, -0.2) is 0 Å². The quantitative estimate of drug-likeness (QED) is 0.595. The lowest BCUT2D eigenvalue weighted by Crippen LogP contribution is -2.30. The van der Waals surface area contributed by atoms with Crippen LogP contribution in [-0.4, -0.2) is 45.5 Å². The van der Waals surface area contributed by atoms with E-state index in [4.69, 9.17) is 28.2 Å². The van der Waals surface area contributed by atoms with Gasteiger partial charge < -0.3 is 4.90 Å². The second-order valence-electron chi connectivity index (χ2n) is 7.69. The molecule has 0 bridgehead atoms. The van der Waals surface area contributed by atoms with Gasteiger partial charge in [-0.1, -0.05) is 41.4 Å². The number of aromatic nitrogens is 3. The summed E-state index contributed by atoms with van der Waals surface area (Å²) in [6.45, 7) is 2.59. The van der Waals surface area contributed by atoms with E-state index in [2.05, 4.69) is 26.7 Å². The molecule has 0 amide bonds. The van der Waals surface area contributed by atoms with Gasteiger partial charge in [0, 0.05) is 27.1 Å². The summed E-state index contributed by atoms with van der Waals surface area (Å²) in [5.74, 6) is 2.26. The van der Waals surface area contributed by atoms with Gasteiger partial charge in [0.2, 0.25) is 0 Å². The lowest BCUT2D eigenvalue weighted by molar-refractivity contribution is 0.250. The zero-order valence-corrected chi connectivity index (χ0v) is 17.7. The molecule has 0 radical (unpaired) electrons. The van der Waals surface area contributed by atoms with Crippen LogP contribution in [0.2, 0.25) is 10.0 Å². The standard InChI is InChI=1S/C22H21Cl2N5/c1-28-10-8-14(9-11-28)22-27-26-20-13-25-21(16-4-2-3-5-18(16)24)17-12-15(23)6-7-19(17)29(20)22/h2-7,12,14H,8-11,13H2,1H3. The van der Waals surface area contributed by atoms with Crippen molar-refractivity contribution in [1.82, 2.24) is 19.7 Å². The molecule has 5 rings (SSSR count). The van der Waals surface area contributed by atoms with E-state index >= 15 is 0 Å². The Labute approximate surface area is 180 Å². The first-order chi connectivity index (χ1) is 14.1. The van der Waals surface area contributed by atoms with Gasteiger partial charge in [-0.3, -0.25) is 9.56 Å². The first-order valence-electron chi connectivity index (χ1n) is 9.84. The largest absolute Gasteiger partial charge is 0.306 e. The van der Waals surface area contributed by atoms with Crippen molar-refractivity contribution in [3.63, 3.8) is 0 Å². The SMILES string of the molecule is CN1CCC(c2nnc3n2-c2ccc(Cl)cc2C(c2ccccc2Cl)=NC3)CC1. The second kappa shape index (κ2) is 7.56. The number of piperidine rings is 1. The van der Waals surface area contributed by atoms with E-state index in [0.717, 1.165) is 60.1 Å². The molecule has 0 atom stereocenters. The average molecular weight is 426 g/mol. The van der Waals surface area contributed by atoms with Crippen molar-refractivity contribution in [3.8, 4) is 5.69 Å². The first kappa shape index (κ1) is 18.8. The van der Waals surface area contributed by atoms with E-state index < -0.39 is 0 Å². The Hall–Kier alpha value is -2.21. The molecule has 148 valence electrons. The van der Waals surface area contributed by atoms with Crippen molar-refractivity contribution in [2.24, 2.45) is 4.99 Å². The van der Waals surface area contributed by atoms with Crippen LogP contribution in [0.3, 0.4) is 0 Å². The first-order valence-corrected chi connectivity index (χ1v) is 10.6. The van der Waals surface area contributed by atoms with E-state index in [1.54, 1.807) is 0 Å². The van der Waals surface area contributed by atoms with Crippen molar-refractivity contribution in [2.45, 2.75) is 25.3 Å². The third-order valence-electron chi connectivity index (χ3n) is 5.80. The Morgan fingerprint density at radius 2 is 1.76 bits per heavy atom. The molecule has 5 nitrogen and oxygen atoms in total. The molecular weight excluding hydrogens is 405 g/mol. The Kier molecular flexibility index (Phi) is 4.90. The Morgan fingerprint density at radius 1 is 0.966 bits per heavy atom. The molecule has 0 spiro atoms. The van der Waals surface area contributed by atoms with Crippen molar-refractivity contribution in [2.75, 3.05) is 20.1 Å². The topological polar surface area (TPSA) is 46.3 Å². The van der Waals surface area contributed by atoms with Gasteiger partial charge in [-0.05, 0) is 57.2 Å². The maximum Gasteiger partial charge on any atom is 0.159 e. The zero-order valence-electron chi connectivity index (χ0n) is 16.1. The van der Waals surface area contributed by atoms with Gasteiger partial charge in [0.25, 0.3) is 0 Å². The summed E-state index contributed by atoms with van der Waals surface area (Å²) in [6, 6.07) is 13.7. The molecule has 1 fully saturated rings. The molecule has 3 heterocycles. The molecule has 1 aromatic heterocycles. The summed E-state index contributed by atoms with van der Waals surface area (Å²) in [7, 11) is 2.17. The molecule has 2 aromatic carbocycles. The molecule has 0 N–H and O–H groups in total. The van der Waals surface area contributed by atoms with E-state index in [0.29, 0.717) is 22.5 Å². The number of rotatable bonds is 2. The predicted octanol–water partition coefficient (Wildman–Crippen LogP) is 4.73. The van der Waals surface area contributed by atoms with Gasteiger partial charge in [0.05, 0.1) is 11.4 Å². The minimum Gasteiger partial charge on any atom is -0.306 e. The lowest BCUT2D eigenvalue weighted by atomic mass is 9.95. The Balaban J connectivity index is 1.67. The minimum atomic E-state index is 0.387. The van der Waals surface area contributed by atoms with Gasteiger partial charge >= 0.3 is 0 Å². The van der Waals surface area contributed by atoms with Crippen LogP contribution in [0.25, 0.3) is 5.69 Å². The summed E-state index contributed by atoms with van der Waals surface area (Å²) in [4.78, 5) is 7.25. The molecule has 29 heavy (non-hydrogen) atoms. The number of aliphatic imine (C=N–C) groups is 1. The number of nitrogens with zero attached hydrogens (tertiary/aromatic N) is 5. The average Bonchev–Trinajstić information content (AvgIpc) is 3.07. The number of halogens is 2. The summed E-state index contributed by atoms with van der Waals surface area (Å²) in [6.07, 6.45) is 2.16. The van der Waals surface area contributed by atoms with Crippen LogP contribution in [-0.2, 0) is 6.54 Å². The maximum atomic E-state index is 6.52. The fraction of sp³-hybridized carbons (Fsp3) is 0.318. The zero-order chi connectivity index (χ0) is 20.0. The van der Waals surface area contributed by atoms with Gasteiger partial charge in [-0.2, -0.15) is 0 Å². The van der Waals surface area contributed by atoms with Crippen molar-refractivity contribution in [3.05, 3.63) is 75.3 Å². The van der Waals surface area contributed by atoms with Crippen LogP contribution in [0.4, 0.5) is 0 Å². The van der Waals surface area contributed by atoms with Crippen LogP contribution in [0, 0.1) is 0 Å². The fourth-order valence-corrected chi connectivity index (χ4v) is 4.64. The molecule has 2 aliphatic heterocycles. The second-order valence-corrected chi connectivity index (χ2v) is 8.54. The Morgan fingerprint density at radius 3 is 2.55 bits per heavy atom. The predicted molar refractivity (Wildman–Crippen MR) is 117 cm³/mol. The van der Waals surface area contributed by atoms with Crippen molar-refractivity contribution >= 4 is 28.9 Å². The Bertz CT molecular complexity index is 1100. The smallest absolute Gasteiger partial charge is 0.159 e. The van der Waals surface area contributed by atoms with Crippen LogP contribution in [0.1, 0.15) is 41.5 Å². The third kappa shape index (κ3) is 3.37. The minimum absolute atomic E-state index is 0.387. The number of likely N-dealkylation sites (tertiary alicyclic amines) is 1. The summed E-state index contributed by atoms with van der Waals surface area (Å²) in [5, 5.41) is 10.4. The third-order valence-corrected chi connectivity index (χ3v) is 6.37. The summed E-state index contributed by atoms with van der Waals surface area (Å²) in [5.41, 5.74) is 3.71. The number of fused-ring (bicyclic) bond motifs is 3. The number of benzene rings is 2. The van der Waals surface area contributed by atoms with Gasteiger partial charge in [-0.15, -0.1) is 10.2 Å². The van der Waals surface area contributed by atoms with E-state index in [9.17, 15) is 0 Å². The highest BCUT2D eigenvalue weighted by atomic mass is 35.5. The normalized spacial score (nSPS) is 17.4. The molecular formula is C22H21Cl2N5. The fourth-order valence-electron chi connectivity index (χ4n) is 4.24. The number of hydrogen-bond acceptors (Lipinski definition) is 4. The highest BCUT2D eigenvalue weighted by Crippen LogP contribution is 2.34. The maximum absolute atomic E-state index is 6.52. The molecule has 2 aliphatic rings. The van der Waals surface area contributed by atoms with E-state index in [-0.39, 0.29) is 0 Å². The highest BCUT2D eigenvalue weighted by Gasteiger charge is 2.29. The molecule has 7 heteroatoms. The highest BCUT2D eigenvalue weighted by molar-refractivity contribution is 6.36. The van der Waals surface area contributed by atoms with Crippen LogP contribution >= 0.6 is 23.2 Å². The van der Waals surface area contributed by atoms with Gasteiger partial charge in [0.1, 0.15) is 12.4 Å². The van der Waals surface area contributed by atoms with E-state index in [1.165, 1.54) is 0 Å². The lowest BCUT2D eigenvalue weighted by Gasteiger charge is -2.28. The van der Waals surface area contributed by atoms with Crippen LogP contribution in [0.5, 0.6) is 0 Å². The van der Waals surface area contributed by atoms with Crippen LogP contribution in [0.15, 0.2) is 47.5 Å². The van der Waals surface area contributed by atoms with Crippen molar-refractivity contribution < 1.29 is 0 Å². The summed E-state index contributed by atoms with van der Waals surface area (Å²) < 4.78 is 2.19. The summed E-state index contributed by atoms with van der Waals surface area (Å²) >= 11 is 12.9. The number of hydrogen-bond donors (Lipinski definition) is 0. The molecule has 3 aromatic rings. The molecule has 0 aliphatic carbocycles. The van der Waals surface area contributed by atoms with Crippen molar-refractivity contribution in [1.29, 1.82) is 0 Å². The monoisotopic (exact) mass is 425 g/mol. The van der Waals surface area contributed by atoms with Crippen LogP contribution < -0.4 is 0 Å². The van der Waals surface area contributed by atoms with Gasteiger partial charge in [0.15, 0.2) is 5.82 Å². The van der Waals surface area contributed by atoms with E-state index in [1.807, 2.05) is 42.5 Å². The molecule has 1 saturated heterocycles. The molecule has 0 unspecified atom stereocenters. The molecule has 0 saturated carbocycles.